The number of fused-ring (bicyclic) bond motifs is 1. The topological polar surface area (TPSA) is 55.5 Å². The van der Waals surface area contributed by atoms with Crippen molar-refractivity contribution < 1.29 is 9.21 Å². The number of rotatable bonds is 4. The highest BCUT2D eigenvalue weighted by molar-refractivity contribution is 5.77. The summed E-state index contributed by atoms with van der Waals surface area (Å²) in [5, 5.41) is 0. The molecule has 0 atom stereocenters. The summed E-state index contributed by atoms with van der Waals surface area (Å²) in [6.45, 7) is 2.63. The number of ketones is 1. The summed E-state index contributed by atoms with van der Waals surface area (Å²) in [6, 6.07) is 5.64. The van der Waals surface area contributed by atoms with Gasteiger partial charge in [-0.25, -0.2) is 4.79 Å². The largest absolute Gasteiger partial charge is 0.419 e. The van der Waals surface area contributed by atoms with Crippen molar-refractivity contribution in [2.75, 3.05) is 13.6 Å². The van der Waals surface area contributed by atoms with Gasteiger partial charge in [-0.15, -0.1) is 0 Å². The van der Waals surface area contributed by atoms with E-state index in [4.69, 9.17) is 4.42 Å². The molecule has 2 rings (SSSR count). The molecule has 0 aliphatic rings. The molecule has 0 aliphatic carbocycles. The molecule has 2 aromatic rings. The van der Waals surface area contributed by atoms with Crippen LogP contribution in [0.5, 0.6) is 0 Å². The van der Waals surface area contributed by atoms with E-state index in [2.05, 4.69) is 0 Å². The van der Waals surface area contributed by atoms with Gasteiger partial charge < -0.3 is 4.42 Å². The fourth-order valence-electron chi connectivity index (χ4n) is 2.02. The van der Waals surface area contributed by atoms with Crippen molar-refractivity contribution in [2.24, 2.45) is 7.05 Å². The molecular weight excluding hydrogens is 232 g/mol. The molecule has 0 N–H and O–H groups in total. The van der Waals surface area contributed by atoms with Gasteiger partial charge in [-0.1, -0.05) is 6.07 Å². The predicted octanol–water partition coefficient (Wildman–Crippen LogP) is 1.15. The average Bonchev–Trinajstić information content (AvgIpc) is 2.53. The zero-order chi connectivity index (χ0) is 13.3. The van der Waals surface area contributed by atoms with Crippen LogP contribution in [-0.4, -0.2) is 28.8 Å². The van der Waals surface area contributed by atoms with Crippen molar-refractivity contribution in [3.05, 3.63) is 34.3 Å². The first-order chi connectivity index (χ1) is 8.47. The lowest BCUT2D eigenvalue weighted by Gasteiger charge is -2.14. The minimum Gasteiger partial charge on any atom is -0.408 e. The van der Waals surface area contributed by atoms with Gasteiger partial charge in [-0.05, 0) is 31.7 Å². The van der Waals surface area contributed by atoms with Gasteiger partial charge in [-0.2, -0.15) is 0 Å². The fourth-order valence-corrected chi connectivity index (χ4v) is 2.02. The Bertz CT molecular complexity index is 639. The number of benzene rings is 1. The van der Waals surface area contributed by atoms with E-state index >= 15 is 0 Å². The minimum atomic E-state index is -0.362. The maximum atomic E-state index is 11.4. The van der Waals surface area contributed by atoms with Crippen LogP contribution in [0.1, 0.15) is 12.5 Å². The highest BCUT2D eigenvalue weighted by atomic mass is 16.4. The number of likely N-dealkylation sites (N-methyl/N-ethyl adjacent to an activating group) is 1. The van der Waals surface area contributed by atoms with Crippen molar-refractivity contribution in [3.8, 4) is 0 Å². The fraction of sp³-hybridized carbons (Fsp3) is 0.385. The van der Waals surface area contributed by atoms with Crippen LogP contribution in [0.3, 0.4) is 0 Å². The summed E-state index contributed by atoms with van der Waals surface area (Å²) in [5.41, 5.74) is 2.37. The molecule has 0 fully saturated rings. The van der Waals surface area contributed by atoms with E-state index in [1.165, 1.54) is 4.57 Å². The lowest BCUT2D eigenvalue weighted by atomic mass is 10.2. The third-order valence-electron chi connectivity index (χ3n) is 2.80. The van der Waals surface area contributed by atoms with Gasteiger partial charge in [0.05, 0.1) is 12.1 Å². The lowest BCUT2D eigenvalue weighted by Crippen LogP contribution is -2.23. The lowest BCUT2D eigenvalue weighted by molar-refractivity contribution is -0.117. The number of aromatic nitrogens is 1. The molecule has 0 amide bonds. The van der Waals surface area contributed by atoms with Crippen molar-refractivity contribution >= 4 is 16.9 Å². The SMILES string of the molecule is CC(=O)CN(C)Cc1ccc2c(c1)oc(=O)n2C. The Balaban J connectivity index is 2.25. The first-order valence-electron chi connectivity index (χ1n) is 5.74. The maximum absolute atomic E-state index is 11.4. The van der Waals surface area contributed by atoms with Crippen LogP contribution in [0, 0.1) is 0 Å². The monoisotopic (exact) mass is 248 g/mol. The number of hydrogen-bond donors (Lipinski definition) is 0. The first kappa shape index (κ1) is 12.6. The second-order valence-electron chi connectivity index (χ2n) is 4.60. The normalized spacial score (nSPS) is 11.3. The third-order valence-corrected chi connectivity index (χ3v) is 2.80. The molecule has 0 unspecified atom stereocenters. The second kappa shape index (κ2) is 4.78. The van der Waals surface area contributed by atoms with Crippen LogP contribution in [0.15, 0.2) is 27.4 Å². The summed E-state index contributed by atoms with van der Waals surface area (Å²) in [6.07, 6.45) is 0. The summed E-state index contributed by atoms with van der Waals surface area (Å²) in [4.78, 5) is 24.3. The van der Waals surface area contributed by atoms with Crippen molar-refractivity contribution in [3.63, 3.8) is 0 Å². The van der Waals surface area contributed by atoms with Crippen molar-refractivity contribution in [2.45, 2.75) is 13.5 Å². The van der Waals surface area contributed by atoms with Gasteiger partial charge in [0.2, 0.25) is 0 Å². The number of carbonyl (C=O) groups is 1. The molecule has 0 saturated carbocycles. The quantitative estimate of drug-likeness (QED) is 0.814. The Morgan fingerprint density at radius 2 is 2.17 bits per heavy atom. The Kier molecular flexibility index (Phi) is 3.34. The number of Topliss-reactive ketones (excluding diaryl/α,β-unsaturated/α-hetero) is 1. The van der Waals surface area contributed by atoms with E-state index < -0.39 is 0 Å². The molecule has 5 nitrogen and oxygen atoms in total. The zero-order valence-corrected chi connectivity index (χ0v) is 10.8. The Morgan fingerprint density at radius 3 is 2.83 bits per heavy atom. The molecule has 0 radical (unpaired) electrons. The number of oxazole rings is 1. The molecule has 5 heteroatoms. The minimum absolute atomic E-state index is 0.129. The molecule has 96 valence electrons. The van der Waals surface area contributed by atoms with Gasteiger partial charge in [0.25, 0.3) is 0 Å². The van der Waals surface area contributed by atoms with E-state index in [1.807, 2.05) is 30.1 Å². The second-order valence-corrected chi connectivity index (χ2v) is 4.60. The smallest absolute Gasteiger partial charge is 0.408 e. The highest BCUT2D eigenvalue weighted by Crippen LogP contribution is 2.15. The van der Waals surface area contributed by atoms with Crippen molar-refractivity contribution in [1.82, 2.24) is 9.47 Å². The average molecular weight is 248 g/mol. The van der Waals surface area contributed by atoms with Crippen molar-refractivity contribution in [1.29, 1.82) is 0 Å². The Labute approximate surface area is 105 Å². The van der Waals surface area contributed by atoms with Gasteiger partial charge >= 0.3 is 5.76 Å². The van der Waals surface area contributed by atoms with Gasteiger partial charge in [-0.3, -0.25) is 14.3 Å². The predicted molar refractivity (Wildman–Crippen MR) is 68.5 cm³/mol. The van der Waals surface area contributed by atoms with E-state index in [0.29, 0.717) is 18.7 Å². The van der Waals surface area contributed by atoms with Gasteiger partial charge in [0.1, 0.15) is 5.78 Å². The molecule has 1 aromatic carbocycles. The van der Waals surface area contributed by atoms with Crippen LogP contribution in [0.4, 0.5) is 0 Å². The van der Waals surface area contributed by atoms with E-state index in [9.17, 15) is 9.59 Å². The molecule has 1 heterocycles. The maximum Gasteiger partial charge on any atom is 0.419 e. The van der Waals surface area contributed by atoms with E-state index in [-0.39, 0.29) is 11.5 Å². The molecular formula is C13H16N2O3. The summed E-state index contributed by atoms with van der Waals surface area (Å²) in [7, 11) is 3.56. The van der Waals surface area contributed by atoms with Crippen LogP contribution in [0.2, 0.25) is 0 Å². The summed E-state index contributed by atoms with van der Waals surface area (Å²) < 4.78 is 6.59. The summed E-state index contributed by atoms with van der Waals surface area (Å²) in [5.74, 6) is -0.232. The third kappa shape index (κ3) is 2.51. The first-order valence-corrected chi connectivity index (χ1v) is 5.74. The Morgan fingerprint density at radius 1 is 1.44 bits per heavy atom. The highest BCUT2D eigenvalue weighted by Gasteiger charge is 2.08. The molecule has 18 heavy (non-hydrogen) atoms. The number of nitrogens with zero attached hydrogens (tertiary/aromatic N) is 2. The zero-order valence-electron chi connectivity index (χ0n) is 10.8. The van der Waals surface area contributed by atoms with Crippen LogP contribution in [-0.2, 0) is 18.4 Å². The molecule has 1 aromatic heterocycles. The van der Waals surface area contributed by atoms with Crippen LogP contribution < -0.4 is 5.76 Å². The van der Waals surface area contributed by atoms with Crippen LogP contribution >= 0.6 is 0 Å². The molecule has 0 aliphatic heterocycles. The molecule has 0 saturated heterocycles. The number of carbonyl (C=O) groups excluding carboxylic acids is 1. The van der Waals surface area contributed by atoms with E-state index in [0.717, 1.165) is 11.1 Å². The van der Waals surface area contributed by atoms with Crippen LogP contribution in [0.25, 0.3) is 11.1 Å². The summed E-state index contributed by atoms with van der Waals surface area (Å²) >= 11 is 0. The van der Waals surface area contributed by atoms with E-state index in [1.54, 1.807) is 14.0 Å². The number of aryl methyl sites for hydroxylation is 1. The Hall–Kier alpha value is -1.88. The molecule has 0 spiro atoms. The van der Waals surface area contributed by atoms with Gasteiger partial charge in [0.15, 0.2) is 5.58 Å². The number of hydrogen-bond acceptors (Lipinski definition) is 4. The standard InChI is InChI=1S/C13H16N2O3/c1-9(16)7-14(2)8-10-4-5-11-12(6-10)18-13(17)15(11)3/h4-6H,7-8H2,1-3H3. The molecule has 0 bridgehead atoms. The van der Waals surface area contributed by atoms with Gasteiger partial charge in [0, 0.05) is 13.6 Å².